The summed E-state index contributed by atoms with van der Waals surface area (Å²) in [4.78, 5) is 12.7. The van der Waals surface area contributed by atoms with Crippen molar-refractivity contribution < 1.29 is 9.53 Å². The molecular weight excluding hydrogens is 206 g/mol. The van der Waals surface area contributed by atoms with Crippen molar-refractivity contribution in [2.75, 3.05) is 6.61 Å². The predicted molar refractivity (Wildman–Crippen MR) is 60.2 cm³/mol. The lowest BCUT2D eigenvalue weighted by Crippen LogP contribution is -2.40. The van der Waals surface area contributed by atoms with Crippen LogP contribution in [0.25, 0.3) is 0 Å². The molecule has 0 N–H and O–H groups in total. The monoisotopic (exact) mass is 221 g/mol. The van der Waals surface area contributed by atoms with Gasteiger partial charge in [0.2, 0.25) is 0 Å². The van der Waals surface area contributed by atoms with Crippen molar-refractivity contribution in [3.05, 3.63) is 0 Å². The highest BCUT2D eigenvalue weighted by Crippen LogP contribution is 2.09. The summed E-state index contributed by atoms with van der Waals surface area (Å²) in [6.07, 6.45) is 0.399. The predicted octanol–water partition coefficient (Wildman–Crippen LogP) is 2.46. The quantitative estimate of drug-likeness (QED) is 0.586. The molecule has 0 aromatic carbocycles. The molecule has 76 valence electrons. The Hall–Kier alpha value is -0.290. The number of rotatable bonds is 3. The molecule has 0 aliphatic rings. The fourth-order valence-electron chi connectivity index (χ4n) is 0.822. The Bertz CT molecular complexity index is 197. The molecule has 1 amide bonds. The summed E-state index contributed by atoms with van der Waals surface area (Å²) in [5.41, 5.74) is 0. The molecule has 0 spiro atoms. The number of hydrogen-bond donors (Lipinski definition) is 1. The molecular formula is C8H15NO2S2. The highest BCUT2D eigenvalue weighted by Gasteiger charge is 2.21. The van der Waals surface area contributed by atoms with E-state index >= 15 is 0 Å². The Kier molecular flexibility index (Phi) is 6.07. The molecule has 0 aromatic rings. The summed E-state index contributed by atoms with van der Waals surface area (Å²) in [6, 6.07) is 0.0315. The minimum Gasteiger partial charge on any atom is -0.449 e. The third-order valence-corrected chi connectivity index (χ3v) is 2.11. The first-order valence-corrected chi connectivity index (χ1v) is 5.09. The molecule has 0 fully saturated rings. The van der Waals surface area contributed by atoms with Gasteiger partial charge in [0.05, 0.1) is 6.61 Å². The first-order valence-electron chi connectivity index (χ1n) is 4.23. The summed E-state index contributed by atoms with van der Waals surface area (Å²) < 4.78 is 5.10. The lowest BCUT2D eigenvalue weighted by atomic mass is 10.2. The van der Waals surface area contributed by atoms with Crippen molar-refractivity contribution in [2.45, 2.75) is 33.2 Å². The van der Waals surface area contributed by atoms with E-state index < -0.39 is 6.09 Å². The van der Waals surface area contributed by atoms with Crippen LogP contribution in [-0.4, -0.2) is 28.0 Å². The third kappa shape index (κ3) is 3.95. The molecule has 0 rings (SSSR count). The number of amides is 1. The van der Waals surface area contributed by atoms with Crippen molar-refractivity contribution in [1.29, 1.82) is 0 Å². The Morgan fingerprint density at radius 2 is 2.15 bits per heavy atom. The largest absolute Gasteiger partial charge is 0.449 e. The molecule has 0 radical (unpaired) electrons. The second-order valence-electron chi connectivity index (χ2n) is 2.61. The van der Waals surface area contributed by atoms with Gasteiger partial charge in [0.15, 0.2) is 0 Å². The molecule has 0 aliphatic heterocycles. The smallest absolute Gasteiger partial charge is 0.415 e. The fourth-order valence-corrected chi connectivity index (χ4v) is 1.36. The van der Waals surface area contributed by atoms with Gasteiger partial charge in [-0.15, -0.1) is 12.6 Å². The van der Waals surface area contributed by atoms with Crippen LogP contribution in [0.5, 0.6) is 0 Å². The molecule has 1 atom stereocenters. The third-order valence-electron chi connectivity index (χ3n) is 1.70. The molecule has 5 heteroatoms. The lowest BCUT2D eigenvalue weighted by Gasteiger charge is -2.25. The van der Waals surface area contributed by atoms with Crippen LogP contribution in [0.3, 0.4) is 0 Å². The van der Waals surface area contributed by atoms with Gasteiger partial charge in [-0.25, -0.2) is 4.79 Å². The highest BCUT2D eigenvalue weighted by molar-refractivity contribution is 8.11. The van der Waals surface area contributed by atoms with Gasteiger partial charge in [0, 0.05) is 6.04 Å². The van der Waals surface area contributed by atoms with E-state index in [1.165, 1.54) is 4.90 Å². The zero-order chi connectivity index (χ0) is 10.4. The molecule has 0 heterocycles. The molecule has 0 aliphatic carbocycles. The van der Waals surface area contributed by atoms with E-state index in [9.17, 15) is 4.79 Å². The number of hydrogen-bond acceptors (Lipinski definition) is 3. The molecule has 0 saturated heterocycles. The highest BCUT2D eigenvalue weighted by atomic mass is 32.1. The number of nitrogens with zero attached hydrogens (tertiary/aromatic N) is 1. The van der Waals surface area contributed by atoms with Gasteiger partial charge < -0.3 is 4.74 Å². The number of thiol groups is 1. The second-order valence-corrected chi connectivity index (χ2v) is 3.72. The number of carbonyl (C=O) groups is 1. The Morgan fingerprint density at radius 1 is 1.62 bits per heavy atom. The summed E-state index contributed by atoms with van der Waals surface area (Å²) in [7, 11) is 0. The maximum absolute atomic E-state index is 11.4. The van der Waals surface area contributed by atoms with Crippen LogP contribution in [0.2, 0.25) is 0 Å². The second kappa shape index (κ2) is 6.21. The zero-order valence-corrected chi connectivity index (χ0v) is 9.82. The maximum Gasteiger partial charge on any atom is 0.415 e. The van der Waals surface area contributed by atoms with Crippen molar-refractivity contribution in [3.63, 3.8) is 0 Å². The minimum atomic E-state index is -0.420. The van der Waals surface area contributed by atoms with Gasteiger partial charge in [-0.2, -0.15) is 0 Å². The Labute approximate surface area is 89.8 Å². The fraction of sp³-hybridized carbons (Fsp3) is 0.750. The van der Waals surface area contributed by atoms with Crippen LogP contribution in [0, 0.1) is 0 Å². The van der Waals surface area contributed by atoms with Crippen LogP contribution in [0.15, 0.2) is 0 Å². The van der Waals surface area contributed by atoms with Crippen molar-refractivity contribution in [1.82, 2.24) is 4.90 Å². The standard InChI is InChI=1S/C8H15NO2S2/c1-4-6(3)9(8(12)13)7(10)11-5-2/h6H,4-5H2,1-3H3,(H,12,13). The summed E-state index contributed by atoms with van der Waals surface area (Å²) in [5.74, 6) is 0. The number of thiocarbonyl (C=S) groups is 1. The van der Waals surface area contributed by atoms with Gasteiger partial charge in [-0.05, 0) is 20.3 Å². The topological polar surface area (TPSA) is 29.5 Å². The van der Waals surface area contributed by atoms with E-state index in [-0.39, 0.29) is 10.4 Å². The van der Waals surface area contributed by atoms with Crippen molar-refractivity contribution in [2.24, 2.45) is 0 Å². The maximum atomic E-state index is 11.4. The minimum absolute atomic E-state index is 0.0315. The average molecular weight is 221 g/mol. The van der Waals surface area contributed by atoms with Gasteiger partial charge >= 0.3 is 6.09 Å². The number of carbonyl (C=O) groups excluding carboxylic acids is 1. The average Bonchev–Trinajstić information content (AvgIpc) is 2.04. The Balaban J connectivity index is 4.41. The van der Waals surface area contributed by atoms with Crippen LogP contribution in [0.4, 0.5) is 4.79 Å². The molecule has 13 heavy (non-hydrogen) atoms. The molecule has 0 aromatic heterocycles. The van der Waals surface area contributed by atoms with Crippen LogP contribution < -0.4 is 0 Å². The molecule has 0 bridgehead atoms. The summed E-state index contributed by atoms with van der Waals surface area (Å²) >= 11 is 8.81. The van der Waals surface area contributed by atoms with Crippen molar-refractivity contribution in [3.8, 4) is 0 Å². The van der Waals surface area contributed by atoms with Gasteiger partial charge in [-0.1, -0.05) is 19.1 Å². The SMILES string of the molecule is CCOC(=O)N(C(=S)S)C(C)CC. The van der Waals surface area contributed by atoms with E-state index in [2.05, 4.69) is 12.6 Å². The summed E-state index contributed by atoms with van der Waals surface area (Å²) in [5, 5.41) is 0. The molecule has 3 nitrogen and oxygen atoms in total. The van der Waals surface area contributed by atoms with Gasteiger partial charge in [-0.3, -0.25) is 4.90 Å². The first-order chi connectivity index (χ1) is 6.04. The number of ether oxygens (including phenoxy) is 1. The normalized spacial score (nSPS) is 12.0. The van der Waals surface area contributed by atoms with E-state index in [4.69, 9.17) is 17.0 Å². The van der Waals surface area contributed by atoms with Crippen molar-refractivity contribution >= 4 is 35.3 Å². The molecule has 1 unspecified atom stereocenters. The van der Waals surface area contributed by atoms with Gasteiger partial charge in [0.1, 0.15) is 4.32 Å². The lowest BCUT2D eigenvalue weighted by molar-refractivity contribution is 0.120. The van der Waals surface area contributed by atoms with Crippen LogP contribution in [-0.2, 0) is 4.74 Å². The van der Waals surface area contributed by atoms with Crippen LogP contribution in [0.1, 0.15) is 27.2 Å². The van der Waals surface area contributed by atoms with E-state index in [0.29, 0.717) is 6.61 Å². The molecule has 0 saturated carbocycles. The summed E-state index contributed by atoms with van der Waals surface area (Å²) in [6.45, 7) is 5.98. The van der Waals surface area contributed by atoms with E-state index in [1.807, 2.05) is 13.8 Å². The van der Waals surface area contributed by atoms with Gasteiger partial charge in [0.25, 0.3) is 0 Å². The zero-order valence-electron chi connectivity index (χ0n) is 8.11. The van der Waals surface area contributed by atoms with E-state index in [1.54, 1.807) is 6.92 Å². The first kappa shape index (κ1) is 12.7. The van der Waals surface area contributed by atoms with E-state index in [0.717, 1.165) is 6.42 Å². The van der Waals surface area contributed by atoms with Crippen LogP contribution >= 0.6 is 24.8 Å². The Morgan fingerprint density at radius 3 is 2.46 bits per heavy atom.